The summed E-state index contributed by atoms with van der Waals surface area (Å²) in [5, 5.41) is 0. The van der Waals surface area contributed by atoms with E-state index in [1.807, 2.05) is 13.8 Å². The van der Waals surface area contributed by atoms with E-state index >= 15 is 0 Å². The molecule has 0 aromatic rings. The van der Waals surface area contributed by atoms with Gasteiger partial charge in [0, 0.05) is 6.04 Å². The van der Waals surface area contributed by atoms with Crippen LogP contribution in [0.4, 0.5) is 0 Å². The molecule has 0 aromatic heterocycles. The van der Waals surface area contributed by atoms with Crippen LogP contribution in [0, 0.1) is 0 Å². The zero-order chi connectivity index (χ0) is 7.98. The Balaban J connectivity index is 0. The van der Waals surface area contributed by atoms with Crippen molar-refractivity contribution in [1.82, 2.24) is 4.90 Å². The van der Waals surface area contributed by atoms with E-state index in [0.717, 1.165) is 6.04 Å². The van der Waals surface area contributed by atoms with Gasteiger partial charge in [-0.2, -0.15) is 0 Å². The number of nitrogens with zero attached hydrogens (tertiary/aromatic N) is 1. The zero-order valence-corrected chi connectivity index (χ0v) is 7.85. The fourth-order valence-corrected chi connectivity index (χ4v) is 1.42. The van der Waals surface area contributed by atoms with Gasteiger partial charge in [-0.1, -0.05) is 34.1 Å². The van der Waals surface area contributed by atoms with Crippen molar-refractivity contribution in [3.63, 3.8) is 0 Å². The molecule has 0 heterocycles. The summed E-state index contributed by atoms with van der Waals surface area (Å²) in [5.74, 6) is 0. The van der Waals surface area contributed by atoms with Gasteiger partial charge < -0.3 is 4.90 Å². The molecule has 70 valence electrons. The average molecular weight is 159 g/mol. The summed E-state index contributed by atoms with van der Waals surface area (Å²) in [6.07, 6.45) is 5.74. The van der Waals surface area contributed by atoms with Gasteiger partial charge in [-0.3, -0.25) is 0 Å². The fraction of sp³-hybridized carbons (Fsp3) is 1.00. The summed E-state index contributed by atoms with van der Waals surface area (Å²) in [6, 6.07) is 0.898. The summed E-state index contributed by atoms with van der Waals surface area (Å²) in [5.41, 5.74) is 0. The second-order valence-electron chi connectivity index (χ2n) is 2.90. The van der Waals surface area contributed by atoms with E-state index in [4.69, 9.17) is 0 Å². The second kappa shape index (κ2) is 8.06. The third-order valence-corrected chi connectivity index (χ3v) is 2.05. The van der Waals surface area contributed by atoms with Gasteiger partial charge in [-0.05, 0) is 26.9 Å². The van der Waals surface area contributed by atoms with Crippen LogP contribution < -0.4 is 0 Å². The molecule has 0 N–H and O–H groups in total. The van der Waals surface area contributed by atoms with Crippen molar-refractivity contribution in [2.45, 2.75) is 53.0 Å². The Bertz CT molecular complexity index is 63.3. The van der Waals surface area contributed by atoms with Gasteiger partial charge in [-0.15, -0.1) is 0 Å². The Morgan fingerprint density at radius 1 is 1.00 bits per heavy atom. The zero-order valence-electron chi connectivity index (χ0n) is 7.85. The molecular weight excluding hydrogens is 134 g/mol. The minimum absolute atomic E-state index is 0. The van der Waals surface area contributed by atoms with Crippen molar-refractivity contribution in [3.05, 3.63) is 0 Å². The Morgan fingerprint density at radius 2 is 1.36 bits per heavy atom. The molecule has 0 amide bonds. The number of hydrogen-bond donors (Lipinski definition) is 0. The van der Waals surface area contributed by atoms with Gasteiger partial charge in [0.05, 0.1) is 0 Å². The molecule has 0 bridgehead atoms. The first kappa shape index (κ1) is 13.5. The molecule has 0 saturated heterocycles. The third-order valence-electron chi connectivity index (χ3n) is 2.05. The molecule has 0 atom stereocenters. The summed E-state index contributed by atoms with van der Waals surface area (Å²) in [6.45, 7) is 4.00. The van der Waals surface area contributed by atoms with Crippen molar-refractivity contribution >= 4 is 0 Å². The minimum Gasteiger partial charge on any atom is -0.306 e. The number of rotatable bonds is 1. The molecule has 0 spiro atoms. The second-order valence-corrected chi connectivity index (χ2v) is 2.90. The molecule has 0 radical (unpaired) electrons. The van der Waals surface area contributed by atoms with Crippen LogP contribution in [0.5, 0.6) is 0 Å². The smallest absolute Gasteiger partial charge is 0.00891 e. The Hall–Kier alpha value is -0.0400. The maximum Gasteiger partial charge on any atom is 0.00891 e. The standard InChI is InChI=1S/C7H15N.C2H6.CH4/c1-8(2)7-5-3-4-6-7;1-2;/h7H,3-6H2,1-2H3;1-2H3;1H4. The molecular formula is C10H25N. The van der Waals surface area contributed by atoms with Crippen LogP contribution >= 0.6 is 0 Å². The molecule has 1 nitrogen and oxygen atoms in total. The maximum absolute atomic E-state index is 2.34. The molecule has 1 saturated carbocycles. The summed E-state index contributed by atoms with van der Waals surface area (Å²) < 4.78 is 0. The molecule has 1 fully saturated rings. The monoisotopic (exact) mass is 159 g/mol. The normalized spacial score (nSPS) is 17.2. The molecule has 0 unspecified atom stereocenters. The SMILES string of the molecule is C.CC.CN(C)C1CCCC1. The van der Waals surface area contributed by atoms with E-state index in [1.54, 1.807) is 0 Å². The lowest BCUT2D eigenvalue weighted by Gasteiger charge is -2.17. The van der Waals surface area contributed by atoms with Crippen molar-refractivity contribution in [2.24, 2.45) is 0 Å². The van der Waals surface area contributed by atoms with E-state index in [-0.39, 0.29) is 7.43 Å². The lowest BCUT2D eigenvalue weighted by molar-refractivity contribution is 0.299. The van der Waals surface area contributed by atoms with Crippen molar-refractivity contribution in [1.29, 1.82) is 0 Å². The van der Waals surface area contributed by atoms with Crippen LogP contribution in [0.15, 0.2) is 0 Å². The van der Waals surface area contributed by atoms with Gasteiger partial charge in [0.25, 0.3) is 0 Å². The highest BCUT2D eigenvalue weighted by molar-refractivity contribution is 4.72. The molecule has 0 aromatic carbocycles. The van der Waals surface area contributed by atoms with Crippen LogP contribution in [0.1, 0.15) is 47.0 Å². The topological polar surface area (TPSA) is 3.24 Å². The van der Waals surface area contributed by atoms with E-state index < -0.39 is 0 Å². The predicted octanol–water partition coefficient (Wildman–Crippen LogP) is 3.15. The molecule has 1 aliphatic carbocycles. The molecule has 1 rings (SSSR count). The van der Waals surface area contributed by atoms with Crippen molar-refractivity contribution < 1.29 is 0 Å². The number of hydrogen-bond acceptors (Lipinski definition) is 1. The lowest BCUT2D eigenvalue weighted by Crippen LogP contribution is -2.23. The molecule has 1 heteroatoms. The van der Waals surface area contributed by atoms with Gasteiger partial charge >= 0.3 is 0 Å². The van der Waals surface area contributed by atoms with Gasteiger partial charge in [-0.25, -0.2) is 0 Å². The highest BCUT2D eigenvalue weighted by atomic mass is 15.1. The van der Waals surface area contributed by atoms with Crippen molar-refractivity contribution in [3.8, 4) is 0 Å². The van der Waals surface area contributed by atoms with E-state index in [1.165, 1.54) is 25.7 Å². The first-order chi connectivity index (χ1) is 4.80. The first-order valence-corrected chi connectivity index (χ1v) is 4.47. The summed E-state index contributed by atoms with van der Waals surface area (Å²) in [7, 11) is 4.35. The Morgan fingerprint density at radius 3 is 1.55 bits per heavy atom. The molecule has 1 aliphatic rings. The highest BCUT2D eigenvalue weighted by Gasteiger charge is 2.15. The Labute approximate surface area is 72.8 Å². The first-order valence-electron chi connectivity index (χ1n) is 4.47. The fourth-order valence-electron chi connectivity index (χ4n) is 1.42. The van der Waals surface area contributed by atoms with Crippen LogP contribution in [-0.4, -0.2) is 25.0 Å². The lowest BCUT2D eigenvalue weighted by atomic mass is 10.2. The van der Waals surface area contributed by atoms with Crippen LogP contribution in [0.2, 0.25) is 0 Å². The van der Waals surface area contributed by atoms with Crippen LogP contribution in [-0.2, 0) is 0 Å². The van der Waals surface area contributed by atoms with Gasteiger partial charge in [0.1, 0.15) is 0 Å². The quantitative estimate of drug-likeness (QED) is 0.568. The largest absolute Gasteiger partial charge is 0.306 e. The third kappa shape index (κ3) is 5.25. The summed E-state index contributed by atoms with van der Waals surface area (Å²) in [4.78, 5) is 2.34. The van der Waals surface area contributed by atoms with Gasteiger partial charge in [0.2, 0.25) is 0 Å². The van der Waals surface area contributed by atoms with E-state index in [0.29, 0.717) is 0 Å². The molecule has 0 aliphatic heterocycles. The Kier molecular flexibility index (Phi) is 9.92. The minimum atomic E-state index is 0. The van der Waals surface area contributed by atoms with E-state index in [2.05, 4.69) is 19.0 Å². The van der Waals surface area contributed by atoms with Crippen molar-refractivity contribution in [2.75, 3.05) is 14.1 Å². The molecule has 11 heavy (non-hydrogen) atoms. The van der Waals surface area contributed by atoms with E-state index in [9.17, 15) is 0 Å². The van der Waals surface area contributed by atoms with Crippen LogP contribution in [0.3, 0.4) is 0 Å². The maximum atomic E-state index is 2.34. The predicted molar refractivity (Wildman–Crippen MR) is 54.0 cm³/mol. The average Bonchev–Trinajstić information content (AvgIpc) is 2.42. The highest BCUT2D eigenvalue weighted by Crippen LogP contribution is 2.20. The van der Waals surface area contributed by atoms with Gasteiger partial charge in [0.15, 0.2) is 0 Å². The summed E-state index contributed by atoms with van der Waals surface area (Å²) >= 11 is 0. The van der Waals surface area contributed by atoms with Crippen LogP contribution in [0.25, 0.3) is 0 Å².